The van der Waals surface area contributed by atoms with Crippen LogP contribution in [0.1, 0.15) is 140 Å². The summed E-state index contributed by atoms with van der Waals surface area (Å²) >= 11 is 0. The number of benzene rings is 6. The normalized spacial score (nSPS) is 15.4. The van der Waals surface area contributed by atoms with E-state index in [2.05, 4.69) is 71.2 Å². The van der Waals surface area contributed by atoms with Crippen molar-refractivity contribution in [3.05, 3.63) is 200 Å². The zero-order valence-electron chi connectivity index (χ0n) is 48.1. The molecule has 0 spiro atoms. The number of rotatable bonds is 14. The maximum atomic E-state index is 12.9. The zero-order valence-corrected chi connectivity index (χ0v) is 48.1. The van der Waals surface area contributed by atoms with Crippen LogP contribution < -0.4 is 41.3 Å². The topological polar surface area (TPSA) is 216 Å². The van der Waals surface area contributed by atoms with Crippen molar-refractivity contribution in [1.29, 1.82) is 0 Å². The SMILES string of the molecule is CCCN(CCC)c1ccc(C)cc1.CCCN(CCOCC(C)=O)c1ccc(C2=C(O)C(C)C2[O-])c([O-])c1.Cc1cc2cc(c1)C(=O)NCc1ccc(cc1)CNC(=O)c1cc(C)cc(c1)C(=O)NCc1ccc(cc1)CNC2=O. The van der Waals surface area contributed by atoms with Crippen LogP contribution >= 0.6 is 0 Å². The fourth-order valence-electron chi connectivity index (χ4n) is 9.38. The highest BCUT2D eigenvalue weighted by Crippen LogP contribution is 2.41. The van der Waals surface area contributed by atoms with E-state index in [0.29, 0.717) is 61.6 Å². The molecule has 2 unspecified atom stereocenters. The van der Waals surface area contributed by atoms with E-state index in [1.807, 2.05) is 74.2 Å². The van der Waals surface area contributed by atoms with Gasteiger partial charge >= 0.3 is 0 Å². The Morgan fingerprint density at radius 3 is 1.26 bits per heavy atom. The van der Waals surface area contributed by atoms with Gasteiger partial charge in [0.1, 0.15) is 6.61 Å². The monoisotopic (exact) mass is 1100 g/mol. The Bertz CT molecular complexity index is 2890. The van der Waals surface area contributed by atoms with Crippen LogP contribution in [0.25, 0.3) is 5.57 Å². The van der Waals surface area contributed by atoms with E-state index in [1.165, 1.54) is 37.1 Å². The fourth-order valence-corrected chi connectivity index (χ4v) is 9.38. The highest BCUT2D eigenvalue weighted by molar-refractivity contribution is 6.01. The molecule has 5 N–H and O–H groups in total. The summed E-state index contributed by atoms with van der Waals surface area (Å²) in [4.78, 5) is 67.1. The van der Waals surface area contributed by atoms with Gasteiger partial charge in [-0.1, -0.05) is 112 Å². The molecule has 4 heterocycles. The molecule has 4 aliphatic heterocycles. The molecule has 4 amide bonds. The third-order valence-corrected chi connectivity index (χ3v) is 13.8. The van der Waals surface area contributed by atoms with Crippen LogP contribution in [0.15, 0.2) is 133 Å². The minimum Gasteiger partial charge on any atom is -0.872 e. The van der Waals surface area contributed by atoms with Gasteiger partial charge in [-0.25, -0.2) is 0 Å². The predicted molar refractivity (Wildman–Crippen MR) is 316 cm³/mol. The molecule has 428 valence electrons. The van der Waals surface area contributed by atoms with Crippen molar-refractivity contribution in [2.75, 3.05) is 49.2 Å². The Morgan fingerprint density at radius 2 is 0.914 bits per heavy atom. The lowest BCUT2D eigenvalue weighted by Gasteiger charge is -2.43. The van der Waals surface area contributed by atoms with Crippen LogP contribution in [0, 0.1) is 26.7 Å². The summed E-state index contributed by atoms with van der Waals surface area (Å²) in [5, 5.41) is 45.9. The Hall–Kier alpha value is -8.27. The number of ketones is 1. The van der Waals surface area contributed by atoms with Crippen molar-refractivity contribution in [2.45, 2.75) is 107 Å². The maximum absolute atomic E-state index is 12.9. The first-order chi connectivity index (χ1) is 38.9. The number of nitrogens with one attached hydrogen (secondary N) is 4. The van der Waals surface area contributed by atoms with Crippen LogP contribution in [0.2, 0.25) is 0 Å². The molecule has 0 saturated heterocycles. The smallest absolute Gasteiger partial charge is 0.251 e. The molecule has 2 atom stereocenters. The van der Waals surface area contributed by atoms with E-state index in [9.17, 15) is 39.3 Å². The van der Waals surface area contributed by atoms with Gasteiger partial charge in [0.25, 0.3) is 23.6 Å². The lowest BCUT2D eigenvalue weighted by Crippen LogP contribution is -2.43. The van der Waals surface area contributed by atoms with E-state index >= 15 is 0 Å². The van der Waals surface area contributed by atoms with Gasteiger partial charge in [-0.3, -0.25) is 24.0 Å². The molecule has 0 saturated carbocycles. The summed E-state index contributed by atoms with van der Waals surface area (Å²) in [6.45, 7) is 20.8. The first-order valence-corrected chi connectivity index (χ1v) is 27.9. The number of anilines is 2. The average Bonchev–Trinajstić information content (AvgIpc) is 3.57. The van der Waals surface area contributed by atoms with Gasteiger partial charge in [0, 0.05) is 91.9 Å². The number of hydrogen-bond donors (Lipinski definition) is 5. The molecule has 6 aromatic carbocycles. The van der Waals surface area contributed by atoms with Gasteiger partial charge in [-0.15, -0.1) is 0 Å². The number of aryl methyl sites for hydroxylation is 3. The number of ether oxygens (including phenoxy) is 1. The number of aliphatic hydroxyl groups is 1. The van der Waals surface area contributed by atoms with Crippen molar-refractivity contribution in [1.82, 2.24) is 21.3 Å². The summed E-state index contributed by atoms with van der Waals surface area (Å²) in [6.07, 6.45) is 2.28. The number of carbonyl (C=O) groups excluding carboxylic acids is 5. The molecule has 81 heavy (non-hydrogen) atoms. The van der Waals surface area contributed by atoms with Crippen LogP contribution in [0.3, 0.4) is 0 Å². The molecular formula is C66H78N6O9-2. The molecule has 11 rings (SSSR count). The first kappa shape index (κ1) is 61.9. The number of hydrogen-bond acceptors (Lipinski definition) is 11. The zero-order chi connectivity index (χ0) is 58.6. The van der Waals surface area contributed by atoms with Crippen molar-refractivity contribution in [3.63, 3.8) is 0 Å². The van der Waals surface area contributed by atoms with Crippen LogP contribution in [0.4, 0.5) is 11.4 Å². The minimum absolute atomic E-state index is 0.0212. The third kappa shape index (κ3) is 18.1. The second-order valence-corrected chi connectivity index (χ2v) is 20.8. The number of amides is 4. The van der Waals surface area contributed by atoms with Crippen LogP contribution in [-0.2, 0) is 35.7 Å². The van der Waals surface area contributed by atoms with E-state index in [-0.39, 0.29) is 58.7 Å². The molecule has 1 aliphatic carbocycles. The number of aliphatic hydroxyl groups excluding tert-OH is 1. The Morgan fingerprint density at radius 1 is 0.543 bits per heavy atom. The van der Waals surface area contributed by atoms with E-state index in [1.54, 1.807) is 55.5 Å². The maximum Gasteiger partial charge on any atom is 0.251 e. The summed E-state index contributed by atoms with van der Waals surface area (Å²) < 4.78 is 5.30. The first-order valence-electron chi connectivity index (χ1n) is 27.9. The van der Waals surface area contributed by atoms with Crippen molar-refractivity contribution < 1.29 is 44.0 Å². The minimum atomic E-state index is -1.05. The van der Waals surface area contributed by atoms with Gasteiger partial charge in [0.05, 0.1) is 12.4 Å². The number of Topliss-reactive ketones (excluding diaryl/α,β-unsaturated/α-hetero) is 1. The molecule has 0 fully saturated rings. The second-order valence-electron chi connectivity index (χ2n) is 20.8. The van der Waals surface area contributed by atoms with Crippen LogP contribution in [0.5, 0.6) is 5.75 Å². The summed E-state index contributed by atoms with van der Waals surface area (Å²) in [5.74, 6) is -1.80. The Balaban J connectivity index is 0.000000228. The van der Waals surface area contributed by atoms with E-state index in [4.69, 9.17) is 4.74 Å². The lowest BCUT2D eigenvalue weighted by molar-refractivity contribution is -0.416. The van der Waals surface area contributed by atoms with Gasteiger partial charge in [0.15, 0.2) is 5.78 Å². The fraction of sp³-hybridized carbons (Fsp3) is 0.348. The Kier molecular flexibility index (Phi) is 23.2. The quantitative estimate of drug-likeness (QED) is 0.0648. The Labute approximate surface area is 477 Å². The van der Waals surface area contributed by atoms with Crippen molar-refractivity contribution in [2.24, 2.45) is 5.92 Å². The largest absolute Gasteiger partial charge is 0.872 e. The third-order valence-electron chi connectivity index (χ3n) is 13.8. The van der Waals surface area contributed by atoms with Crippen LogP contribution in [-0.4, -0.2) is 80.0 Å². The van der Waals surface area contributed by atoms with Crippen molar-refractivity contribution >= 4 is 46.4 Å². The van der Waals surface area contributed by atoms with Gasteiger partial charge < -0.3 is 51.1 Å². The average molecular weight is 1100 g/mol. The summed E-state index contributed by atoms with van der Waals surface area (Å²) in [7, 11) is 0. The van der Waals surface area contributed by atoms with E-state index < -0.39 is 12.0 Å². The molecule has 0 aromatic heterocycles. The molecular weight excluding hydrogens is 1020 g/mol. The summed E-state index contributed by atoms with van der Waals surface area (Å²) in [5.41, 5.74) is 10.8. The molecule has 15 heteroatoms. The van der Waals surface area contributed by atoms with E-state index in [0.717, 1.165) is 65.1 Å². The van der Waals surface area contributed by atoms with Gasteiger partial charge in [-0.05, 0) is 152 Å². The summed E-state index contributed by atoms with van der Waals surface area (Å²) in [6, 6.07) is 39.0. The molecule has 5 aliphatic rings. The number of nitrogens with zero attached hydrogens (tertiary/aromatic N) is 2. The molecule has 0 radical (unpaired) electrons. The van der Waals surface area contributed by atoms with Gasteiger partial charge in [-0.2, -0.15) is 0 Å². The predicted octanol–water partition coefficient (Wildman–Crippen LogP) is 9.19. The second kappa shape index (κ2) is 30.4. The lowest BCUT2D eigenvalue weighted by atomic mass is 9.78. The molecule has 6 aromatic rings. The van der Waals surface area contributed by atoms with Gasteiger partial charge in [0.2, 0.25) is 0 Å². The molecule has 8 bridgehead atoms. The number of carbonyl (C=O) groups is 5. The standard InChI is InChI=1S/C34H32N4O4.C19H26NO5.C13H21N/c1-21-11-27-15-28(12-21)32(40)36-18-24-5-9-26(10-6-24)20-38-34(42)30-14-22(2)13-29(16-30)33(41)37-19-25-7-3-23(4-8-25)17-35-31(27)39;1-4-7-20(8-9-25-11-12(2)21)14-5-6-15(16(22)10-14)17-18(23)13(3)19(17)24;1-4-10-14(11-5-2)13-8-6-12(3)7-9-13/h3-16H,17-20H2,1-2H3,(H,35,39)(H,36,40)(H,37,41)(H,38,42);5-6,10,13,18,22,24H,4,7-9,11H2,1-3H3;6-9H,4-5,10-11H2,1-3H3/q;-1;/p-1. The highest BCUT2D eigenvalue weighted by Gasteiger charge is 2.30. The highest BCUT2D eigenvalue weighted by atomic mass is 16.5. The van der Waals surface area contributed by atoms with Crippen molar-refractivity contribution in [3.8, 4) is 5.75 Å². The molecule has 15 nitrogen and oxygen atoms in total.